The molecule has 0 spiro atoms. The molecule has 70 valence electrons. The van der Waals surface area contributed by atoms with Gasteiger partial charge in [-0.1, -0.05) is 19.4 Å². The van der Waals surface area contributed by atoms with Crippen molar-refractivity contribution in [2.45, 2.75) is 26.2 Å². The molecule has 2 heteroatoms. The number of hydrogen-bond acceptors (Lipinski definition) is 2. The first-order valence-electron chi connectivity index (χ1n) is 4.61. The SMILES string of the molecule is CCCCc1ccc(C=O)c(N)c1. The van der Waals surface area contributed by atoms with Crippen LogP contribution < -0.4 is 5.73 Å². The van der Waals surface area contributed by atoms with Crippen molar-refractivity contribution in [1.82, 2.24) is 0 Å². The van der Waals surface area contributed by atoms with Crippen molar-refractivity contribution in [1.29, 1.82) is 0 Å². The Morgan fingerprint density at radius 1 is 1.46 bits per heavy atom. The monoisotopic (exact) mass is 177 g/mol. The molecule has 0 radical (unpaired) electrons. The van der Waals surface area contributed by atoms with Crippen LogP contribution in [-0.4, -0.2) is 6.29 Å². The van der Waals surface area contributed by atoms with E-state index in [2.05, 4.69) is 6.92 Å². The number of benzene rings is 1. The van der Waals surface area contributed by atoms with Gasteiger partial charge < -0.3 is 5.73 Å². The summed E-state index contributed by atoms with van der Waals surface area (Å²) in [7, 11) is 0. The fourth-order valence-electron chi connectivity index (χ4n) is 1.27. The summed E-state index contributed by atoms with van der Waals surface area (Å²) in [5.41, 5.74) is 8.06. The zero-order valence-corrected chi connectivity index (χ0v) is 7.92. The average Bonchev–Trinajstić information content (AvgIpc) is 2.15. The number of unbranched alkanes of at least 4 members (excludes halogenated alkanes) is 1. The third-order valence-corrected chi connectivity index (χ3v) is 2.10. The Kier molecular flexibility index (Phi) is 3.50. The molecule has 0 fully saturated rings. The van der Waals surface area contributed by atoms with Gasteiger partial charge in [0, 0.05) is 11.3 Å². The molecule has 0 aliphatic heterocycles. The first-order chi connectivity index (χ1) is 6.27. The third kappa shape index (κ3) is 2.58. The van der Waals surface area contributed by atoms with Gasteiger partial charge in [-0.3, -0.25) is 4.79 Å². The molecule has 0 saturated carbocycles. The van der Waals surface area contributed by atoms with Crippen LogP contribution in [-0.2, 0) is 6.42 Å². The average molecular weight is 177 g/mol. The Morgan fingerprint density at radius 2 is 2.23 bits per heavy atom. The molecule has 0 heterocycles. The summed E-state index contributed by atoms with van der Waals surface area (Å²) < 4.78 is 0. The summed E-state index contributed by atoms with van der Waals surface area (Å²) in [4.78, 5) is 10.5. The lowest BCUT2D eigenvalue weighted by molar-refractivity contribution is 0.112. The molecule has 0 aliphatic carbocycles. The molecule has 0 bridgehead atoms. The van der Waals surface area contributed by atoms with Gasteiger partial charge in [0.25, 0.3) is 0 Å². The lowest BCUT2D eigenvalue weighted by Crippen LogP contribution is -1.95. The van der Waals surface area contributed by atoms with Gasteiger partial charge in [0.05, 0.1) is 0 Å². The molecule has 1 aromatic carbocycles. The Balaban J connectivity index is 2.77. The number of hydrogen-bond donors (Lipinski definition) is 1. The van der Waals surface area contributed by atoms with Gasteiger partial charge in [-0.2, -0.15) is 0 Å². The molecule has 0 aliphatic rings. The van der Waals surface area contributed by atoms with E-state index in [-0.39, 0.29) is 0 Å². The fourth-order valence-corrected chi connectivity index (χ4v) is 1.27. The van der Waals surface area contributed by atoms with Crippen LogP contribution in [0.5, 0.6) is 0 Å². The molecular formula is C11H15NO. The van der Waals surface area contributed by atoms with Crippen molar-refractivity contribution in [3.05, 3.63) is 29.3 Å². The third-order valence-electron chi connectivity index (χ3n) is 2.10. The van der Waals surface area contributed by atoms with E-state index in [0.717, 1.165) is 12.7 Å². The fraction of sp³-hybridized carbons (Fsp3) is 0.364. The largest absolute Gasteiger partial charge is 0.398 e. The lowest BCUT2D eigenvalue weighted by atomic mass is 10.1. The van der Waals surface area contributed by atoms with Crippen molar-refractivity contribution in [2.24, 2.45) is 0 Å². The zero-order chi connectivity index (χ0) is 9.68. The Bertz CT molecular complexity index is 294. The van der Waals surface area contributed by atoms with Crippen LogP contribution >= 0.6 is 0 Å². The van der Waals surface area contributed by atoms with Crippen molar-refractivity contribution >= 4 is 12.0 Å². The maximum atomic E-state index is 10.5. The summed E-state index contributed by atoms with van der Waals surface area (Å²) in [6.45, 7) is 2.16. The first-order valence-corrected chi connectivity index (χ1v) is 4.61. The highest BCUT2D eigenvalue weighted by Gasteiger charge is 1.98. The number of rotatable bonds is 4. The van der Waals surface area contributed by atoms with Crippen molar-refractivity contribution in [3.8, 4) is 0 Å². The van der Waals surface area contributed by atoms with Crippen molar-refractivity contribution in [2.75, 3.05) is 5.73 Å². The minimum absolute atomic E-state index is 0.584. The minimum atomic E-state index is 0.584. The lowest BCUT2D eigenvalue weighted by Gasteiger charge is -2.03. The van der Waals surface area contributed by atoms with E-state index < -0.39 is 0 Å². The van der Waals surface area contributed by atoms with Crippen LogP contribution in [0.25, 0.3) is 0 Å². The summed E-state index contributed by atoms with van der Waals surface area (Å²) in [6, 6.07) is 5.64. The quantitative estimate of drug-likeness (QED) is 0.567. The Labute approximate surface area is 78.8 Å². The molecule has 0 saturated heterocycles. The second-order valence-electron chi connectivity index (χ2n) is 3.18. The van der Waals surface area contributed by atoms with Crippen molar-refractivity contribution < 1.29 is 4.79 Å². The molecule has 1 aromatic rings. The molecule has 0 amide bonds. The van der Waals surface area contributed by atoms with Crippen LogP contribution in [0.15, 0.2) is 18.2 Å². The molecule has 2 N–H and O–H groups in total. The number of nitrogen functional groups attached to an aromatic ring is 1. The number of nitrogens with two attached hydrogens (primary N) is 1. The van der Waals surface area contributed by atoms with Crippen LogP contribution in [0.4, 0.5) is 5.69 Å². The molecule has 2 nitrogen and oxygen atoms in total. The van der Waals surface area contributed by atoms with Gasteiger partial charge in [0.2, 0.25) is 0 Å². The number of aryl methyl sites for hydroxylation is 1. The molecule has 0 unspecified atom stereocenters. The Hall–Kier alpha value is -1.31. The number of carbonyl (C=O) groups excluding carboxylic acids is 1. The highest BCUT2D eigenvalue weighted by molar-refractivity contribution is 5.83. The van der Waals surface area contributed by atoms with Gasteiger partial charge >= 0.3 is 0 Å². The standard InChI is InChI=1S/C11H15NO/c1-2-3-4-9-5-6-10(8-13)11(12)7-9/h5-8H,2-4,12H2,1H3. The Morgan fingerprint density at radius 3 is 2.77 bits per heavy atom. The first kappa shape index (κ1) is 9.78. The highest BCUT2D eigenvalue weighted by atomic mass is 16.1. The van der Waals surface area contributed by atoms with E-state index in [9.17, 15) is 4.79 Å². The predicted molar refractivity (Wildman–Crippen MR) is 54.9 cm³/mol. The molecule has 0 aromatic heterocycles. The normalized spacial score (nSPS) is 9.92. The van der Waals surface area contributed by atoms with Crippen LogP contribution in [0.1, 0.15) is 35.7 Å². The maximum absolute atomic E-state index is 10.5. The number of anilines is 1. The predicted octanol–water partition coefficient (Wildman–Crippen LogP) is 2.42. The summed E-state index contributed by atoms with van der Waals surface area (Å²) in [6.07, 6.45) is 4.17. The van der Waals surface area contributed by atoms with Gasteiger partial charge in [-0.05, 0) is 30.5 Å². The van der Waals surface area contributed by atoms with E-state index in [1.54, 1.807) is 6.07 Å². The smallest absolute Gasteiger partial charge is 0.152 e. The molecule has 0 atom stereocenters. The zero-order valence-electron chi connectivity index (χ0n) is 7.92. The van der Waals surface area contributed by atoms with E-state index in [1.807, 2.05) is 12.1 Å². The van der Waals surface area contributed by atoms with Gasteiger partial charge in [0.1, 0.15) is 0 Å². The van der Waals surface area contributed by atoms with Gasteiger partial charge in [-0.25, -0.2) is 0 Å². The molecule has 1 rings (SSSR count). The highest BCUT2D eigenvalue weighted by Crippen LogP contribution is 2.14. The van der Waals surface area contributed by atoms with Gasteiger partial charge in [0.15, 0.2) is 6.29 Å². The maximum Gasteiger partial charge on any atom is 0.152 e. The summed E-state index contributed by atoms with van der Waals surface area (Å²) >= 11 is 0. The minimum Gasteiger partial charge on any atom is -0.398 e. The van der Waals surface area contributed by atoms with E-state index in [0.29, 0.717) is 11.3 Å². The van der Waals surface area contributed by atoms with Crippen LogP contribution in [0, 0.1) is 0 Å². The second-order valence-corrected chi connectivity index (χ2v) is 3.18. The van der Waals surface area contributed by atoms with Crippen LogP contribution in [0.2, 0.25) is 0 Å². The number of aldehydes is 1. The van der Waals surface area contributed by atoms with Gasteiger partial charge in [-0.15, -0.1) is 0 Å². The molecule has 13 heavy (non-hydrogen) atoms. The van der Waals surface area contributed by atoms with Crippen LogP contribution in [0.3, 0.4) is 0 Å². The molecular weight excluding hydrogens is 162 g/mol. The van der Waals surface area contributed by atoms with E-state index in [1.165, 1.54) is 18.4 Å². The topological polar surface area (TPSA) is 43.1 Å². The number of carbonyl (C=O) groups is 1. The van der Waals surface area contributed by atoms with Crippen molar-refractivity contribution in [3.63, 3.8) is 0 Å². The van der Waals surface area contributed by atoms with E-state index in [4.69, 9.17) is 5.73 Å². The second kappa shape index (κ2) is 4.65. The summed E-state index contributed by atoms with van der Waals surface area (Å²) in [5, 5.41) is 0. The summed E-state index contributed by atoms with van der Waals surface area (Å²) in [5.74, 6) is 0. The van der Waals surface area contributed by atoms with E-state index >= 15 is 0 Å².